The van der Waals surface area contributed by atoms with Crippen molar-refractivity contribution >= 4 is 22.0 Å². The molecule has 0 N–H and O–H groups in total. The average molecular weight is 192 g/mol. The molecule has 0 aromatic heterocycles. The highest BCUT2D eigenvalue weighted by Crippen LogP contribution is 2.03. The van der Waals surface area contributed by atoms with E-state index in [1.807, 2.05) is 0 Å². The van der Waals surface area contributed by atoms with Gasteiger partial charge in [-0.25, -0.2) is 4.79 Å². The molecule has 1 amide bonds. The van der Waals surface area contributed by atoms with Crippen molar-refractivity contribution in [3.05, 3.63) is 11.2 Å². The quantitative estimate of drug-likeness (QED) is 0.626. The molecule has 1 saturated heterocycles. The Morgan fingerprint density at radius 1 is 1.78 bits per heavy atom. The van der Waals surface area contributed by atoms with Gasteiger partial charge in [0.15, 0.2) is 0 Å². The number of cyclic esters (lactones) is 1. The van der Waals surface area contributed by atoms with E-state index < -0.39 is 0 Å². The molecule has 0 spiro atoms. The summed E-state index contributed by atoms with van der Waals surface area (Å²) < 4.78 is 4.63. The number of amides is 1. The summed E-state index contributed by atoms with van der Waals surface area (Å²) in [7, 11) is 0. The van der Waals surface area contributed by atoms with Gasteiger partial charge in [0, 0.05) is 6.20 Å². The van der Waals surface area contributed by atoms with Crippen molar-refractivity contribution in [2.75, 3.05) is 13.2 Å². The molecular formula is C5H6BrNO2. The van der Waals surface area contributed by atoms with Crippen LogP contribution < -0.4 is 0 Å². The van der Waals surface area contributed by atoms with E-state index in [1.54, 1.807) is 11.2 Å². The van der Waals surface area contributed by atoms with E-state index in [2.05, 4.69) is 20.7 Å². The van der Waals surface area contributed by atoms with Crippen LogP contribution in [0.3, 0.4) is 0 Å². The van der Waals surface area contributed by atoms with E-state index in [0.717, 1.165) is 0 Å². The van der Waals surface area contributed by atoms with Crippen molar-refractivity contribution < 1.29 is 9.53 Å². The fraction of sp³-hybridized carbons (Fsp3) is 0.400. The topological polar surface area (TPSA) is 29.5 Å². The number of carbonyl (C=O) groups is 1. The minimum absolute atomic E-state index is 0.272. The third-order valence-electron chi connectivity index (χ3n) is 1.03. The predicted octanol–water partition coefficient (Wildman–Crippen LogP) is 1.30. The van der Waals surface area contributed by atoms with Crippen LogP contribution in [0.2, 0.25) is 0 Å². The third kappa shape index (κ3) is 1.45. The van der Waals surface area contributed by atoms with Crippen LogP contribution in [0.5, 0.6) is 0 Å². The Hall–Kier alpha value is -0.510. The Kier molecular flexibility index (Phi) is 2.10. The van der Waals surface area contributed by atoms with E-state index in [4.69, 9.17) is 0 Å². The summed E-state index contributed by atoms with van der Waals surface area (Å²) in [5.74, 6) is 0. The SMILES string of the molecule is O=C1OCCN1/C=C/Br. The minimum atomic E-state index is -0.272. The molecule has 0 aliphatic carbocycles. The number of rotatable bonds is 1. The van der Waals surface area contributed by atoms with Gasteiger partial charge in [0.2, 0.25) is 0 Å². The summed E-state index contributed by atoms with van der Waals surface area (Å²) in [5, 5.41) is 0. The molecule has 4 heteroatoms. The standard InChI is InChI=1S/C5H6BrNO2/c6-1-2-7-3-4-9-5(7)8/h1-2H,3-4H2/b2-1+. The largest absolute Gasteiger partial charge is 0.447 e. The molecule has 0 atom stereocenters. The molecular weight excluding hydrogens is 186 g/mol. The lowest BCUT2D eigenvalue weighted by Gasteiger charge is -2.01. The Labute approximate surface area is 61.4 Å². The zero-order valence-corrected chi connectivity index (χ0v) is 6.30. The Morgan fingerprint density at radius 3 is 3.00 bits per heavy atom. The minimum Gasteiger partial charge on any atom is -0.447 e. The van der Waals surface area contributed by atoms with Crippen molar-refractivity contribution in [2.24, 2.45) is 0 Å². The lowest BCUT2D eigenvalue weighted by Crippen LogP contribution is -2.16. The van der Waals surface area contributed by atoms with E-state index in [1.165, 1.54) is 4.90 Å². The molecule has 0 radical (unpaired) electrons. The van der Waals surface area contributed by atoms with Crippen molar-refractivity contribution in [2.45, 2.75) is 0 Å². The first kappa shape index (κ1) is 6.61. The first-order valence-electron chi connectivity index (χ1n) is 2.55. The highest BCUT2D eigenvalue weighted by molar-refractivity contribution is 9.11. The molecule has 0 unspecified atom stereocenters. The van der Waals surface area contributed by atoms with Gasteiger partial charge in [0.25, 0.3) is 0 Å². The molecule has 0 aromatic carbocycles. The molecule has 0 bridgehead atoms. The summed E-state index contributed by atoms with van der Waals surface area (Å²) in [6.45, 7) is 1.15. The maximum absolute atomic E-state index is 10.6. The summed E-state index contributed by atoms with van der Waals surface area (Å²) in [6.07, 6.45) is 1.36. The summed E-state index contributed by atoms with van der Waals surface area (Å²) in [4.78, 5) is 13.7. The van der Waals surface area contributed by atoms with Gasteiger partial charge < -0.3 is 4.74 Å². The average Bonchev–Trinajstić information content (AvgIpc) is 2.18. The third-order valence-corrected chi connectivity index (χ3v) is 1.26. The smallest absolute Gasteiger partial charge is 0.413 e. The van der Waals surface area contributed by atoms with Crippen LogP contribution in [-0.2, 0) is 4.74 Å². The zero-order chi connectivity index (χ0) is 6.69. The summed E-state index contributed by atoms with van der Waals surface area (Å²) >= 11 is 3.06. The van der Waals surface area contributed by atoms with Crippen LogP contribution >= 0.6 is 15.9 Å². The van der Waals surface area contributed by atoms with Crippen LogP contribution in [-0.4, -0.2) is 24.1 Å². The monoisotopic (exact) mass is 191 g/mol. The van der Waals surface area contributed by atoms with Crippen molar-refractivity contribution in [1.82, 2.24) is 4.90 Å². The van der Waals surface area contributed by atoms with Gasteiger partial charge in [-0.3, -0.25) is 4.90 Å². The second-order valence-corrected chi connectivity index (χ2v) is 2.11. The highest BCUT2D eigenvalue weighted by Gasteiger charge is 2.18. The zero-order valence-electron chi connectivity index (χ0n) is 4.71. The van der Waals surface area contributed by atoms with Crippen molar-refractivity contribution in [3.63, 3.8) is 0 Å². The molecule has 1 rings (SSSR count). The van der Waals surface area contributed by atoms with E-state index in [9.17, 15) is 4.79 Å². The van der Waals surface area contributed by atoms with Crippen LogP contribution in [0.25, 0.3) is 0 Å². The van der Waals surface area contributed by atoms with Gasteiger partial charge >= 0.3 is 6.09 Å². The summed E-state index contributed by atoms with van der Waals surface area (Å²) in [5.41, 5.74) is 0. The first-order valence-corrected chi connectivity index (χ1v) is 3.46. The van der Waals surface area contributed by atoms with Crippen LogP contribution in [0.4, 0.5) is 4.79 Å². The van der Waals surface area contributed by atoms with E-state index >= 15 is 0 Å². The van der Waals surface area contributed by atoms with Crippen LogP contribution in [0, 0.1) is 0 Å². The number of hydrogen-bond acceptors (Lipinski definition) is 2. The first-order chi connectivity index (χ1) is 4.34. The van der Waals surface area contributed by atoms with Gasteiger partial charge in [-0.1, -0.05) is 15.9 Å². The maximum atomic E-state index is 10.6. The molecule has 1 heterocycles. The molecule has 1 aliphatic heterocycles. The predicted molar refractivity (Wildman–Crippen MR) is 36.1 cm³/mol. The lowest BCUT2D eigenvalue weighted by atomic mass is 10.6. The normalized spacial score (nSPS) is 19.2. The van der Waals surface area contributed by atoms with Gasteiger partial charge in [-0.2, -0.15) is 0 Å². The fourth-order valence-corrected chi connectivity index (χ4v) is 0.894. The van der Waals surface area contributed by atoms with Crippen molar-refractivity contribution in [3.8, 4) is 0 Å². The number of halogens is 1. The van der Waals surface area contributed by atoms with Gasteiger partial charge in [-0.05, 0) is 4.99 Å². The van der Waals surface area contributed by atoms with Crippen LogP contribution in [0.1, 0.15) is 0 Å². The second-order valence-electron chi connectivity index (χ2n) is 1.58. The van der Waals surface area contributed by atoms with Gasteiger partial charge in [0.1, 0.15) is 6.61 Å². The molecule has 3 nitrogen and oxygen atoms in total. The maximum Gasteiger partial charge on any atom is 0.413 e. The Bertz CT molecular complexity index is 146. The summed E-state index contributed by atoms with van der Waals surface area (Å²) in [6, 6.07) is 0. The number of carbonyl (C=O) groups excluding carboxylic acids is 1. The molecule has 50 valence electrons. The molecule has 0 aromatic rings. The number of nitrogens with zero attached hydrogens (tertiary/aromatic N) is 1. The van der Waals surface area contributed by atoms with Gasteiger partial charge in [0.05, 0.1) is 6.54 Å². The Balaban J connectivity index is 2.49. The lowest BCUT2D eigenvalue weighted by molar-refractivity contribution is 0.166. The number of ether oxygens (including phenoxy) is 1. The van der Waals surface area contributed by atoms with Crippen LogP contribution in [0.15, 0.2) is 11.2 Å². The van der Waals surface area contributed by atoms with E-state index in [-0.39, 0.29) is 6.09 Å². The molecule has 1 aliphatic rings. The van der Waals surface area contributed by atoms with Crippen molar-refractivity contribution in [1.29, 1.82) is 0 Å². The van der Waals surface area contributed by atoms with Gasteiger partial charge in [-0.15, -0.1) is 0 Å². The van der Waals surface area contributed by atoms with E-state index in [0.29, 0.717) is 13.2 Å². The molecule has 1 fully saturated rings. The molecule has 9 heavy (non-hydrogen) atoms. The molecule has 0 saturated carbocycles. The fourth-order valence-electron chi connectivity index (χ4n) is 0.609. The highest BCUT2D eigenvalue weighted by atomic mass is 79.9. The number of hydrogen-bond donors (Lipinski definition) is 0. The second kappa shape index (κ2) is 2.87. The Morgan fingerprint density at radius 2 is 2.56 bits per heavy atom.